The van der Waals surface area contributed by atoms with Crippen molar-refractivity contribution in [3.05, 3.63) is 64.0 Å². The highest BCUT2D eigenvalue weighted by atomic mass is 35.5. The largest absolute Gasteiger partial charge is 0.419 e. The lowest BCUT2D eigenvalue weighted by molar-refractivity contribution is -0.140. The highest BCUT2D eigenvalue weighted by molar-refractivity contribution is 6.30. The molecule has 2 aromatic rings. The Labute approximate surface area is 145 Å². The molecule has 8 heteroatoms. The molecule has 1 fully saturated rings. The monoisotopic (exact) mass is 372 g/mol. The number of carbonyl (C=O) groups excluding carboxylic acids is 1. The van der Waals surface area contributed by atoms with Crippen LogP contribution in [0.25, 0.3) is 0 Å². The summed E-state index contributed by atoms with van der Waals surface area (Å²) in [6.07, 6.45) is -1.12. The maximum absolute atomic E-state index is 14.1. The first-order valence-electron chi connectivity index (χ1n) is 7.56. The molecule has 1 aromatic heterocycles. The zero-order chi connectivity index (χ0) is 18.2. The summed E-state index contributed by atoms with van der Waals surface area (Å²) >= 11 is 5.91. The lowest BCUT2D eigenvalue weighted by atomic mass is 10.1. The van der Waals surface area contributed by atoms with Gasteiger partial charge < -0.3 is 4.57 Å². The van der Waals surface area contributed by atoms with Crippen molar-refractivity contribution in [3.8, 4) is 0 Å². The minimum atomic E-state index is -4.89. The van der Waals surface area contributed by atoms with Gasteiger partial charge in [0.2, 0.25) is 0 Å². The van der Waals surface area contributed by atoms with Crippen LogP contribution in [0.15, 0.2) is 41.5 Å². The zero-order valence-corrected chi connectivity index (χ0v) is 13.6. The quantitative estimate of drug-likeness (QED) is 0.733. The van der Waals surface area contributed by atoms with Crippen LogP contribution in [0.1, 0.15) is 28.8 Å². The van der Waals surface area contributed by atoms with Crippen LogP contribution in [0, 0.1) is 11.7 Å². The second-order valence-electron chi connectivity index (χ2n) is 5.88. The van der Waals surface area contributed by atoms with Crippen molar-refractivity contribution in [1.82, 2.24) is 4.57 Å². The molecule has 1 amide bonds. The van der Waals surface area contributed by atoms with E-state index in [1.54, 1.807) is 16.8 Å². The number of rotatable bonds is 3. The Morgan fingerprint density at radius 3 is 2.64 bits per heavy atom. The summed E-state index contributed by atoms with van der Waals surface area (Å²) < 4.78 is 54.1. The van der Waals surface area contributed by atoms with Crippen LogP contribution >= 0.6 is 11.6 Å². The zero-order valence-electron chi connectivity index (χ0n) is 12.9. The first-order chi connectivity index (χ1) is 11.8. The summed E-state index contributed by atoms with van der Waals surface area (Å²) in [6.45, 7) is 0.619. The summed E-state index contributed by atoms with van der Waals surface area (Å²) in [6, 6.07) is 5.58. The number of hydrogen-bond acceptors (Lipinski definition) is 1. The molecule has 0 saturated heterocycles. The molecule has 3 nitrogen and oxygen atoms in total. The third kappa shape index (κ3) is 4.10. The lowest BCUT2D eigenvalue weighted by Gasteiger charge is -2.10. The predicted octanol–water partition coefficient (Wildman–Crippen LogP) is 4.45. The molecule has 1 aliphatic carbocycles. The van der Waals surface area contributed by atoms with Gasteiger partial charge in [-0.05, 0) is 43.0 Å². The molecule has 1 heterocycles. The van der Waals surface area contributed by atoms with Crippen LogP contribution in [-0.4, -0.2) is 10.5 Å². The Balaban J connectivity index is 2.02. The summed E-state index contributed by atoms with van der Waals surface area (Å²) in [7, 11) is 0. The standard InChI is InChI=1S/C17H13ClF4N2O/c18-11-6-7-24(9-10-4-5-10)14(8-11)23-16(25)12-2-1-3-13(15(12)19)17(20,21)22/h1-3,6-8,10H,4-5,9H2/b23-14+. The fourth-order valence-corrected chi connectivity index (χ4v) is 2.56. The molecule has 25 heavy (non-hydrogen) atoms. The molecule has 1 saturated carbocycles. The third-order valence-corrected chi connectivity index (χ3v) is 4.11. The smallest absolute Gasteiger partial charge is 0.333 e. The van der Waals surface area contributed by atoms with Crippen LogP contribution in [0.5, 0.6) is 0 Å². The van der Waals surface area contributed by atoms with Gasteiger partial charge in [0.05, 0.1) is 11.1 Å². The van der Waals surface area contributed by atoms with Crippen molar-refractivity contribution in [2.75, 3.05) is 0 Å². The molecule has 0 N–H and O–H groups in total. The summed E-state index contributed by atoms with van der Waals surface area (Å²) in [4.78, 5) is 16.0. The van der Waals surface area contributed by atoms with E-state index in [4.69, 9.17) is 11.6 Å². The fourth-order valence-electron chi connectivity index (χ4n) is 2.40. The minimum Gasteiger partial charge on any atom is -0.333 e. The van der Waals surface area contributed by atoms with E-state index in [9.17, 15) is 22.4 Å². The van der Waals surface area contributed by atoms with Gasteiger partial charge in [0, 0.05) is 17.8 Å². The molecular formula is C17H13ClF4N2O. The summed E-state index contributed by atoms with van der Waals surface area (Å²) in [5.41, 5.74) is -2.04. The topological polar surface area (TPSA) is 34.4 Å². The minimum absolute atomic E-state index is 0.182. The first-order valence-corrected chi connectivity index (χ1v) is 7.94. The molecule has 0 atom stereocenters. The number of hydrogen-bond donors (Lipinski definition) is 0. The molecule has 0 radical (unpaired) electrons. The van der Waals surface area contributed by atoms with Gasteiger partial charge in [0.25, 0.3) is 5.91 Å². The van der Waals surface area contributed by atoms with Gasteiger partial charge in [-0.25, -0.2) is 4.39 Å². The van der Waals surface area contributed by atoms with Crippen LogP contribution in [0.3, 0.4) is 0 Å². The van der Waals surface area contributed by atoms with Gasteiger partial charge in [-0.3, -0.25) is 4.79 Å². The number of halogens is 5. The van der Waals surface area contributed by atoms with Crippen LogP contribution < -0.4 is 5.49 Å². The number of benzene rings is 1. The molecule has 0 spiro atoms. The van der Waals surface area contributed by atoms with Crippen molar-refractivity contribution < 1.29 is 22.4 Å². The number of carbonyl (C=O) groups is 1. The number of amides is 1. The summed E-state index contributed by atoms with van der Waals surface area (Å²) in [5.74, 6) is -2.24. The van der Waals surface area contributed by atoms with E-state index in [1.807, 2.05) is 0 Å². The second-order valence-corrected chi connectivity index (χ2v) is 6.32. The Hall–Kier alpha value is -2.15. The lowest BCUT2D eigenvalue weighted by Crippen LogP contribution is -2.23. The van der Waals surface area contributed by atoms with E-state index in [-0.39, 0.29) is 5.49 Å². The van der Waals surface area contributed by atoms with Crippen molar-refractivity contribution in [2.45, 2.75) is 25.6 Å². The highest BCUT2D eigenvalue weighted by Crippen LogP contribution is 2.32. The van der Waals surface area contributed by atoms with Crippen molar-refractivity contribution in [1.29, 1.82) is 0 Å². The Morgan fingerprint density at radius 1 is 1.28 bits per heavy atom. The van der Waals surface area contributed by atoms with E-state index in [0.717, 1.165) is 25.0 Å². The van der Waals surface area contributed by atoms with Crippen LogP contribution in [0.2, 0.25) is 5.02 Å². The number of nitrogens with zero attached hydrogens (tertiary/aromatic N) is 2. The van der Waals surface area contributed by atoms with Crippen LogP contribution in [-0.2, 0) is 12.7 Å². The SMILES string of the molecule is O=C(/N=c1\cc(Cl)ccn1CC1CC1)c1cccc(C(F)(F)F)c1F. The number of alkyl halides is 3. The molecule has 1 aromatic carbocycles. The normalized spacial score (nSPS) is 15.5. The van der Waals surface area contributed by atoms with Crippen LogP contribution in [0.4, 0.5) is 17.6 Å². The highest BCUT2D eigenvalue weighted by Gasteiger charge is 2.35. The van der Waals surface area contributed by atoms with Gasteiger partial charge in [0.1, 0.15) is 11.3 Å². The Bertz CT molecular complexity index is 885. The predicted molar refractivity (Wildman–Crippen MR) is 83.5 cm³/mol. The average Bonchev–Trinajstić information content (AvgIpc) is 3.33. The van der Waals surface area contributed by atoms with Crippen molar-refractivity contribution in [3.63, 3.8) is 0 Å². The third-order valence-electron chi connectivity index (χ3n) is 3.88. The first kappa shape index (κ1) is 17.7. The molecule has 132 valence electrons. The van der Waals surface area contributed by atoms with E-state index in [1.165, 1.54) is 6.07 Å². The number of pyridine rings is 1. The molecule has 0 bridgehead atoms. The van der Waals surface area contributed by atoms with E-state index in [2.05, 4.69) is 4.99 Å². The molecular weight excluding hydrogens is 360 g/mol. The molecule has 0 aliphatic heterocycles. The van der Waals surface area contributed by atoms with E-state index in [0.29, 0.717) is 23.6 Å². The van der Waals surface area contributed by atoms with Gasteiger partial charge in [-0.2, -0.15) is 18.2 Å². The summed E-state index contributed by atoms with van der Waals surface area (Å²) in [5, 5.41) is 0.322. The van der Waals surface area contributed by atoms with Crippen molar-refractivity contribution >= 4 is 17.5 Å². The Kier molecular flexibility index (Phi) is 4.69. The van der Waals surface area contributed by atoms with Crippen molar-refractivity contribution in [2.24, 2.45) is 10.9 Å². The molecule has 1 aliphatic rings. The average molecular weight is 373 g/mol. The van der Waals surface area contributed by atoms with Gasteiger partial charge >= 0.3 is 6.18 Å². The Morgan fingerprint density at radius 2 is 2.00 bits per heavy atom. The van der Waals surface area contributed by atoms with Gasteiger partial charge in [0.15, 0.2) is 0 Å². The maximum Gasteiger partial charge on any atom is 0.419 e. The van der Waals surface area contributed by atoms with Gasteiger partial charge in [-0.15, -0.1) is 0 Å². The van der Waals surface area contributed by atoms with E-state index < -0.39 is 29.0 Å². The maximum atomic E-state index is 14.1. The fraction of sp³-hybridized carbons (Fsp3) is 0.294. The van der Waals surface area contributed by atoms with Gasteiger partial charge in [-0.1, -0.05) is 17.7 Å². The van der Waals surface area contributed by atoms with E-state index >= 15 is 0 Å². The molecule has 0 unspecified atom stereocenters. The number of aromatic nitrogens is 1. The molecule has 3 rings (SSSR count). The second kappa shape index (κ2) is 6.63.